The maximum atomic E-state index is 15.6. The average Bonchev–Trinajstić information content (AvgIpc) is 0.844. The molecule has 0 aromatic heterocycles. The van der Waals surface area contributed by atoms with Crippen molar-refractivity contribution in [2.75, 3.05) is 62.3 Å². The van der Waals surface area contributed by atoms with Gasteiger partial charge in [-0.3, -0.25) is 0 Å². The molecule has 0 saturated heterocycles. The van der Waals surface area contributed by atoms with Crippen molar-refractivity contribution in [3.8, 4) is 56.8 Å². The molecule has 11 aromatic carbocycles. The monoisotopic (exact) mass is 1240 g/mol. The van der Waals surface area contributed by atoms with Gasteiger partial charge in [0, 0.05) is 81.1 Å². The van der Waals surface area contributed by atoms with Crippen LogP contribution in [0.1, 0.15) is 12.5 Å². The smallest absolute Gasteiger partial charge is 0.190 e. The molecule has 0 unspecified atom stereocenters. The van der Waals surface area contributed by atoms with Gasteiger partial charge in [-0.25, -0.2) is 17.6 Å². The van der Waals surface area contributed by atoms with Crippen molar-refractivity contribution in [3.63, 3.8) is 0 Å². The Balaban J connectivity index is 0.856. The number of halogens is 4. The number of allylic oxidation sites excluding steroid dienone is 4. The molecule has 10 nitrogen and oxygen atoms in total. The molecular weight excluding hydrogens is 1180 g/mol. The fourth-order valence-corrected chi connectivity index (χ4v) is 11.1. The lowest BCUT2D eigenvalue weighted by Gasteiger charge is -2.27. The zero-order chi connectivity index (χ0) is 65.1. The molecule has 0 aliphatic heterocycles. The Bertz CT molecular complexity index is 4290. The summed E-state index contributed by atoms with van der Waals surface area (Å²) in [7, 11) is 8.99. The molecule has 0 radical (unpaired) electrons. The summed E-state index contributed by atoms with van der Waals surface area (Å²) in [6.45, 7) is 6.31. The molecule has 93 heavy (non-hydrogen) atoms. The molecule has 11 rings (SSSR count). The van der Waals surface area contributed by atoms with Crippen LogP contribution in [0.4, 0.5) is 80.1 Å². The molecule has 0 heterocycles. The van der Waals surface area contributed by atoms with Gasteiger partial charge in [-0.05, 0) is 204 Å². The van der Waals surface area contributed by atoms with E-state index in [1.54, 1.807) is 44.3 Å². The normalized spacial score (nSPS) is 11.2. The lowest BCUT2D eigenvalue weighted by atomic mass is 10.0. The molecule has 0 amide bonds. The van der Waals surface area contributed by atoms with Gasteiger partial charge >= 0.3 is 0 Å². The molecule has 0 aliphatic rings. The first-order valence-corrected chi connectivity index (χ1v) is 29.7. The summed E-state index contributed by atoms with van der Waals surface area (Å²) in [6, 6.07) is 75.7. The van der Waals surface area contributed by atoms with Crippen LogP contribution >= 0.6 is 0 Å². The predicted molar refractivity (Wildman–Crippen MR) is 367 cm³/mol. The van der Waals surface area contributed by atoms with Crippen LogP contribution in [0.5, 0.6) is 34.5 Å². The van der Waals surface area contributed by atoms with Crippen molar-refractivity contribution in [2.24, 2.45) is 0 Å². The number of rotatable bonds is 23. The largest absolute Gasteiger partial charge is 0.497 e. The van der Waals surface area contributed by atoms with Crippen LogP contribution in [-0.4, -0.2) is 42.7 Å². The summed E-state index contributed by atoms with van der Waals surface area (Å²) in [5, 5.41) is 0. The number of ether oxygens (including phenoxy) is 6. The topological polar surface area (TPSA) is 68.3 Å². The zero-order valence-electron chi connectivity index (χ0n) is 52.3. The Morgan fingerprint density at radius 2 is 0.548 bits per heavy atom. The van der Waals surface area contributed by atoms with Crippen LogP contribution < -0.4 is 48.0 Å². The Morgan fingerprint density at radius 3 is 0.817 bits per heavy atom. The Morgan fingerprint density at radius 1 is 0.301 bits per heavy atom. The number of benzene rings is 11. The standard InChI is InChI=1S/C79H66F4N4O6/c1-9-53(11-10-52(2)84(68-48-74(80)78(92-7)75(81)49-68)59-22-14-55(15-23-59)56-16-26-60(27-17-56)85(64-32-40-70(88-3)41-33-64)65-34-42-71(89-4)43-35-65)54-12-24-62(25-13-54)87(69-50-76(82)79(93-8)77(83)51-69)63-30-20-58(21-31-63)57-18-28-61(29-19-57)86(66-36-44-72(90-5)45-37-66)67-38-46-73(91-6)47-39-67/h9-51H,2H2,1,3-8H3. The van der Waals surface area contributed by atoms with Crippen LogP contribution in [0.15, 0.2) is 273 Å². The average molecular weight is 1240 g/mol. The third-order valence-electron chi connectivity index (χ3n) is 15.9. The minimum Gasteiger partial charge on any atom is -0.497 e. The van der Waals surface area contributed by atoms with Crippen molar-refractivity contribution in [3.05, 3.63) is 302 Å². The fourth-order valence-electron chi connectivity index (χ4n) is 11.1. The summed E-state index contributed by atoms with van der Waals surface area (Å²) < 4.78 is 94.4. The number of hydrogen-bond donors (Lipinski definition) is 0. The van der Waals surface area contributed by atoms with E-state index in [0.29, 0.717) is 22.8 Å². The lowest BCUT2D eigenvalue weighted by molar-refractivity contribution is 0.360. The highest BCUT2D eigenvalue weighted by atomic mass is 19.1. The molecule has 0 fully saturated rings. The third-order valence-corrected chi connectivity index (χ3v) is 15.9. The van der Waals surface area contributed by atoms with Crippen LogP contribution in [0.3, 0.4) is 0 Å². The van der Waals surface area contributed by atoms with Gasteiger partial charge in [0.25, 0.3) is 0 Å². The molecule has 0 spiro atoms. The van der Waals surface area contributed by atoms with E-state index in [-0.39, 0.29) is 11.4 Å². The number of methoxy groups -OCH3 is 6. The first-order chi connectivity index (χ1) is 45.3. The van der Waals surface area contributed by atoms with Gasteiger partial charge in [0.1, 0.15) is 23.0 Å². The molecule has 11 aromatic rings. The van der Waals surface area contributed by atoms with Crippen molar-refractivity contribution < 1.29 is 46.0 Å². The minimum absolute atomic E-state index is 0.177. The summed E-state index contributed by atoms with van der Waals surface area (Å²) in [5.41, 5.74) is 13.5. The van der Waals surface area contributed by atoms with Crippen LogP contribution in [0.25, 0.3) is 27.8 Å². The van der Waals surface area contributed by atoms with Crippen molar-refractivity contribution in [2.45, 2.75) is 6.92 Å². The second kappa shape index (κ2) is 28.5. The van der Waals surface area contributed by atoms with E-state index >= 15 is 17.6 Å². The maximum Gasteiger partial charge on any atom is 0.190 e. The van der Waals surface area contributed by atoms with E-state index in [2.05, 4.69) is 52.8 Å². The van der Waals surface area contributed by atoms with E-state index in [1.165, 1.54) is 38.5 Å². The number of hydrogen-bond acceptors (Lipinski definition) is 10. The lowest BCUT2D eigenvalue weighted by Crippen LogP contribution is -2.15. The van der Waals surface area contributed by atoms with E-state index < -0.39 is 34.8 Å². The van der Waals surface area contributed by atoms with Crippen molar-refractivity contribution in [1.29, 1.82) is 0 Å². The van der Waals surface area contributed by atoms with Gasteiger partial charge in [0.05, 0.1) is 54.0 Å². The Hall–Kier alpha value is -11.6. The van der Waals surface area contributed by atoms with Crippen LogP contribution in [0, 0.1) is 23.3 Å². The van der Waals surface area contributed by atoms with Gasteiger partial charge < -0.3 is 48.0 Å². The molecule has 0 saturated carbocycles. The molecule has 0 bridgehead atoms. The van der Waals surface area contributed by atoms with Crippen LogP contribution in [0.2, 0.25) is 0 Å². The summed E-state index contributed by atoms with van der Waals surface area (Å²) in [5.74, 6) is -1.49. The van der Waals surface area contributed by atoms with Gasteiger partial charge in [0.2, 0.25) is 0 Å². The quantitative estimate of drug-likeness (QED) is 0.0457. The molecule has 0 atom stereocenters. The number of anilines is 11. The highest BCUT2D eigenvalue weighted by Gasteiger charge is 2.23. The Kier molecular flexibility index (Phi) is 19.3. The molecular formula is C79H66F4N4O6. The fraction of sp³-hybridized carbons (Fsp3) is 0.0886. The van der Waals surface area contributed by atoms with Crippen LogP contribution in [-0.2, 0) is 0 Å². The van der Waals surface area contributed by atoms with Gasteiger partial charge in [-0.15, -0.1) is 0 Å². The van der Waals surface area contributed by atoms with Crippen molar-refractivity contribution in [1.82, 2.24) is 0 Å². The highest BCUT2D eigenvalue weighted by molar-refractivity contribution is 5.85. The molecule has 0 N–H and O–H groups in total. The van der Waals surface area contributed by atoms with Gasteiger partial charge in [-0.1, -0.05) is 79.4 Å². The maximum absolute atomic E-state index is 15.6. The van der Waals surface area contributed by atoms with Crippen molar-refractivity contribution >= 4 is 68.1 Å². The second-order valence-corrected chi connectivity index (χ2v) is 21.3. The SMILES string of the molecule is C=C(C=CC(=CC)c1ccc(N(c2ccc(-c3ccc(N(c4ccc(OC)cc4)c4ccc(OC)cc4)cc3)cc2)c2cc(F)c(OC)c(F)c2)cc1)N(c1ccc(-c2ccc(N(c3ccc(OC)cc3)c3ccc(OC)cc3)cc2)cc1)c1cc(F)c(OC)c(F)c1. The predicted octanol–water partition coefficient (Wildman–Crippen LogP) is 21.3. The minimum atomic E-state index is -0.881. The zero-order valence-corrected chi connectivity index (χ0v) is 52.3. The molecule has 0 aliphatic carbocycles. The summed E-state index contributed by atoms with van der Waals surface area (Å²) >= 11 is 0. The first-order valence-electron chi connectivity index (χ1n) is 29.7. The first kappa shape index (κ1) is 62.9. The molecule has 466 valence electrons. The summed E-state index contributed by atoms with van der Waals surface area (Å²) in [4.78, 5) is 7.72. The Labute approximate surface area is 539 Å². The van der Waals surface area contributed by atoms with Gasteiger partial charge in [-0.2, -0.15) is 0 Å². The number of nitrogens with zero attached hydrogens (tertiary/aromatic N) is 4. The van der Waals surface area contributed by atoms with E-state index in [1.807, 2.05) is 201 Å². The highest BCUT2D eigenvalue weighted by Crippen LogP contribution is 2.43. The third kappa shape index (κ3) is 13.8. The van der Waals surface area contributed by atoms with E-state index in [0.717, 1.165) is 90.5 Å². The second-order valence-electron chi connectivity index (χ2n) is 21.3. The van der Waals surface area contributed by atoms with E-state index in [9.17, 15) is 0 Å². The van der Waals surface area contributed by atoms with Gasteiger partial charge in [0.15, 0.2) is 34.8 Å². The summed E-state index contributed by atoms with van der Waals surface area (Å²) in [6.07, 6.45) is 5.57. The molecule has 14 heteroatoms. The van der Waals surface area contributed by atoms with E-state index in [4.69, 9.17) is 28.4 Å².